The van der Waals surface area contributed by atoms with Crippen LogP contribution in [0.2, 0.25) is 0 Å². The van der Waals surface area contributed by atoms with Crippen molar-refractivity contribution in [2.45, 2.75) is 72.3 Å². The molecule has 0 aromatic heterocycles. The standard InChI is InChI=1S/C13H25NO3.CH4/c1-3-4-5-6-7-10-17-13(16)9-8-12(14)11(2)15;/h12H,3-10,14H2,1-2H3;1H4. The van der Waals surface area contributed by atoms with E-state index in [1.54, 1.807) is 0 Å². The molecule has 0 aliphatic heterocycles. The molecule has 0 saturated carbocycles. The number of carbonyl (C=O) groups is 2. The Morgan fingerprint density at radius 3 is 2.33 bits per heavy atom. The van der Waals surface area contributed by atoms with E-state index in [4.69, 9.17) is 10.5 Å². The van der Waals surface area contributed by atoms with Crippen molar-refractivity contribution >= 4 is 11.8 Å². The van der Waals surface area contributed by atoms with Crippen LogP contribution >= 0.6 is 0 Å². The van der Waals surface area contributed by atoms with Crippen LogP contribution in [0.4, 0.5) is 0 Å². The highest BCUT2D eigenvalue weighted by Gasteiger charge is 2.11. The number of nitrogens with two attached hydrogens (primary N) is 1. The average Bonchev–Trinajstić information content (AvgIpc) is 2.30. The van der Waals surface area contributed by atoms with Crippen molar-refractivity contribution in [3.05, 3.63) is 0 Å². The van der Waals surface area contributed by atoms with Crippen molar-refractivity contribution in [3.63, 3.8) is 0 Å². The highest BCUT2D eigenvalue weighted by atomic mass is 16.5. The fraction of sp³-hybridized carbons (Fsp3) is 0.857. The van der Waals surface area contributed by atoms with Crippen molar-refractivity contribution in [1.82, 2.24) is 0 Å². The maximum atomic E-state index is 11.3. The highest BCUT2D eigenvalue weighted by molar-refractivity contribution is 5.81. The third kappa shape index (κ3) is 11.6. The van der Waals surface area contributed by atoms with Gasteiger partial charge in [-0.3, -0.25) is 9.59 Å². The third-order valence-electron chi connectivity index (χ3n) is 2.69. The van der Waals surface area contributed by atoms with Gasteiger partial charge in [0.1, 0.15) is 5.78 Å². The van der Waals surface area contributed by atoms with Gasteiger partial charge in [-0.25, -0.2) is 0 Å². The second kappa shape index (κ2) is 12.6. The first kappa shape index (κ1) is 19.4. The minimum Gasteiger partial charge on any atom is -0.466 e. The molecule has 0 heterocycles. The Labute approximate surface area is 111 Å². The number of esters is 1. The topological polar surface area (TPSA) is 69.4 Å². The fourth-order valence-electron chi connectivity index (χ4n) is 1.44. The summed E-state index contributed by atoms with van der Waals surface area (Å²) < 4.78 is 5.05. The number of hydrogen-bond donors (Lipinski definition) is 1. The molecule has 2 N–H and O–H groups in total. The molecule has 0 aliphatic carbocycles. The zero-order valence-corrected chi connectivity index (χ0v) is 11.0. The number of rotatable bonds is 10. The van der Waals surface area contributed by atoms with E-state index in [-0.39, 0.29) is 25.6 Å². The summed E-state index contributed by atoms with van der Waals surface area (Å²) >= 11 is 0. The van der Waals surface area contributed by atoms with Gasteiger partial charge in [0.05, 0.1) is 12.6 Å². The Hall–Kier alpha value is -0.900. The molecule has 1 atom stereocenters. The van der Waals surface area contributed by atoms with Gasteiger partial charge in [-0.05, 0) is 19.8 Å². The molecule has 0 fully saturated rings. The van der Waals surface area contributed by atoms with E-state index in [0.717, 1.165) is 12.8 Å². The van der Waals surface area contributed by atoms with Crippen LogP contribution in [0.1, 0.15) is 66.2 Å². The summed E-state index contributed by atoms with van der Waals surface area (Å²) in [6.07, 6.45) is 6.28. The van der Waals surface area contributed by atoms with Crippen molar-refractivity contribution in [2.75, 3.05) is 6.61 Å². The van der Waals surface area contributed by atoms with E-state index < -0.39 is 6.04 Å². The molecular weight excluding hydrogens is 230 g/mol. The number of Topliss-reactive ketones (excluding diaryl/α,β-unsaturated/α-hetero) is 1. The lowest BCUT2D eigenvalue weighted by Crippen LogP contribution is -2.29. The molecule has 18 heavy (non-hydrogen) atoms. The Morgan fingerprint density at radius 2 is 1.78 bits per heavy atom. The molecule has 0 saturated heterocycles. The van der Waals surface area contributed by atoms with Crippen molar-refractivity contribution in [2.24, 2.45) is 5.73 Å². The highest BCUT2D eigenvalue weighted by Crippen LogP contribution is 2.04. The zero-order chi connectivity index (χ0) is 13.1. The van der Waals surface area contributed by atoms with Crippen LogP contribution in [0, 0.1) is 0 Å². The molecule has 0 aromatic carbocycles. The Morgan fingerprint density at radius 1 is 1.17 bits per heavy atom. The second-order valence-electron chi connectivity index (χ2n) is 4.39. The number of hydrogen-bond acceptors (Lipinski definition) is 4. The zero-order valence-electron chi connectivity index (χ0n) is 11.0. The molecule has 0 rings (SSSR count). The second-order valence-corrected chi connectivity index (χ2v) is 4.39. The van der Waals surface area contributed by atoms with Gasteiger partial charge >= 0.3 is 5.97 Å². The fourth-order valence-corrected chi connectivity index (χ4v) is 1.44. The summed E-state index contributed by atoms with van der Waals surface area (Å²) in [6, 6.07) is -0.535. The van der Waals surface area contributed by atoms with E-state index in [1.807, 2.05) is 0 Å². The molecule has 0 aromatic rings. The lowest BCUT2D eigenvalue weighted by Gasteiger charge is -2.07. The summed E-state index contributed by atoms with van der Waals surface area (Å²) in [4.78, 5) is 22.1. The maximum Gasteiger partial charge on any atom is 0.305 e. The van der Waals surface area contributed by atoms with Crippen molar-refractivity contribution < 1.29 is 14.3 Å². The van der Waals surface area contributed by atoms with E-state index in [9.17, 15) is 9.59 Å². The minimum atomic E-state index is -0.535. The molecule has 4 nitrogen and oxygen atoms in total. The quantitative estimate of drug-likeness (QED) is 0.484. The van der Waals surface area contributed by atoms with Crippen LogP contribution in [0.5, 0.6) is 0 Å². The number of carbonyl (C=O) groups excluding carboxylic acids is 2. The monoisotopic (exact) mass is 259 g/mol. The van der Waals surface area contributed by atoms with Crippen LogP contribution in [0.25, 0.3) is 0 Å². The molecule has 0 radical (unpaired) electrons. The predicted molar refractivity (Wildman–Crippen MR) is 74.3 cm³/mol. The molecule has 0 amide bonds. The van der Waals surface area contributed by atoms with E-state index in [2.05, 4.69) is 6.92 Å². The molecule has 1 unspecified atom stereocenters. The van der Waals surface area contributed by atoms with E-state index in [0.29, 0.717) is 13.0 Å². The van der Waals surface area contributed by atoms with E-state index in [1.165, 1.54) is 26.2 Å². The van der Waals surface area contributed by atoms with Gasteiger partial charge in [0.15, 0.2) is 0 Å². The van der Waals surface area contributed by atoms with Gasteiger partial charge in [0.25, 0.3) is 0 Å². The van der Waals surface area contributed by atoms with Gasteiger partial charge < -0.3 is 10.5 Å². The van der Waals surface area contributed by atoms with Gasteiger partial charge in [-0.15, -0.1) is 0 Å². The first-order valence-corrected chi connectivity index (χ1v) is 6.49. The SMILES string of the molecule is C.CCCCCCCOC(=O)CCC(N)C(C)=O. The van der Waals surface area contributed by atoms with Gasteiger partial charge in [-0.1, -0.05) is 40.0 Å². The van der Waals surface area contributed by atoms with Crippen LogP contribution in [0.3, 0.4) is 0 Å². The summed E-state index contributed by atoms with van der Waals surface area (Å²) in [6.45, 7) is 4.08. The normalized spacial score (nSPS) is 11.5. The van der Waals surface area contributed by atoms with Gasteiger partial charge in [0, 0.05) is 6.42 Å². The van der Waals surface area contributed by atoms with Crippen LogP contribution in [-0.4, -0.2) is 24.4 Å². The molecule has 0 spiro atoms. The van der Waals surface area contributed by atoms with Gasteiger partial charge in [0.2, 0.25) is 0 Å². The Kier molecular flexibility index (Phi) is 13.6. The Bertz CT molecular complexity index is 229. The summed E-state index contributed by atoms with van der Waals surface area (Å²) in [5, 5.41) is 0. The summed E-state index contributed by atoms with van der Waals surface area (Å²) in [7, 11) is 0. The molecular formula is C14H29NO3. The van der Waals surface area contributed by atoms with Crippen LogP contribution in [0.15, 0.2) is 0 Å². The summed E-state index contributed by atoms with van der Waals surface area (Å²) in [5.41, 5.74) is 5.52. The summed E-state index contributed by atoms with van der Waals surface area (Å²) in [5.74, 6) is -0.338. The van der Waals surface area contributed by atoms with Gasteiger partial charge in [-0.2, -0.15) is 0 Å². The lowest BCUT2D eigenvalue weighted by molar-refractivity contribution is -0.144. The van der Waals surface area contributed by atoms with E-state index >= 15 is 0 Å². The number of ketones is 1. The lowest BCUT2D eigenvalue weighted by atomic mass is 10.1. The van der Waals surface area contributed by atoms with Crippen LogP contribution in [-0.2, 0) is 14.3 Å². The number of unbranched alkanes of at least 4 members (excludes halogenated alkanes) is 4. The smallest absolute Gasteiger partial charge is 0.305 e. The molecule has 0 bridgehead atoms. The third-order valence-corrected chi connectivity index (χ3v) is 2.69. The van der Waals surface area contributed by atoms with Crippen LogP contribution < -0.4 is 5.73 Å². The molecule has 4 heteroatoms. The first-order valence-electron chi connectivity index (χ1n) is 6.49. The number of ether oxygens (including phenoxy) is 1. The predicted octanol–water partition coefficient (Wildman–Crippen LogP) is 2.83. The molecule has 108 valence electrons. The first-order chi connectivity index (χ1) is 8.07. The average molecular weight is 259 g/mol. The Balaban J connectivity index is 0. The van der Waals surface area contributed by atoms with Crippen molar-refractivity contribution in [1.29, 1.82) is 0 Å². The maximum absolute atomic E-state index is 11.3. The molecule has 0 aliphatic rings. The minimum absolute atomic E-state index is 0. The largest absolute Gasteiger partial charge is 0.466 e. The van der Waals surface area contributed by atoms with Crippen molar-refractivity contribution in [3.8, 4) is 0 Å².